The van der Waals surface area contributed by atoms with Crippen LogP contribution < -0.4 is 0 Å². The van der Waals surface area contributed by atoms with Crippen LogP contribution in [0.4, 0.5) is 0 Å². The molecule has 0 heterocycles. The minimum Gasteiger partial charge on any atom is -0.0877 e. The molecule has 0 aromatic rings. The molecule has 1 rings (SSSR count). The third-order valence-corrected chi connectivity index (χ3v) is 1.81. The van der Waals surface area contributed by atoms with E-state index < -0.39 is 0 Å². The van der Waals surface area contributed by atoms with Crippen molar-refractivity contribution in [2.75, 3.05) is 0 Å². The molecule has 0 atom stereocenters. The van der Waals surface area contributed by atoms with Crippen molar-refractivity contribution in [3.8, 4) is 0 Å². The molecule has 0 amide bonds. The maximum Gasteiger partial charge on any atom is -0.00883 e. The molecular formula is C11H14. The van der Waals surface area contributed by atoms with Crippen molar-refractivity contribution in [2.24, 2.45) is 0 Å². The number of hydrogen-bond acceptors (Lipinski definition) is 0. The second kappa shape index (κ2) is 3.97. The first-order chi connectivity index (χ1) is 5.38. The minimum absolute atomic E-state index is 1.09. The second-order valence-corrected chi connectivity index (χ2v) is 2.57. The van der Waals surface area contributed by atoms with Crippen molar-refractivity contribution in [1.29, 1.82) is 0 Å². The molecule has 0 saturated carbocycles. The van der Waals surface area contributed by atoms with Gasteiger partial charge >= 0.3 is 0 Å². The highest BCUT2D eigenvalue weighted by Gasteiger charge is 2.03. The summed E-state index contributed by atoms with van der Waals surface area (Å²) in [6.07, 6.45) is 13.9. The quantitative estimate of drug-likeness (QED) is 0.532. The van der Waals surface area contributed by atoms with Crippen LogP contribution in [0.2, 0.25) is 0 Å². The van der Waals surface area contributed by atoms with Crippen LogP contribution in [0, 0.1) is 0 Å². The number of rotatable bonds is 1. The van der Waals surface area contributed by atoms with Crippen LogP contribution in [0.1, 0.15) is 20.3 Å². The second-order valence-electron chi connectivity index (χ2n) is 2.57. The molecule has 0 aromatic carbocycles. The van der Waals surface area contributed by atoms with E-state index in [2.05, 4.69) is 43.4 Å². The van der Waals surface area contributed by atoms with E-state index in [-0.39, 0.29) is 0 Å². The largest absolute Gasteiger partial charge is 0.0877 e. The average molecular weight is 146 g/mol. The van der Waals surface area contributed by atoms with Crippen LogP contribution in [0.3, 0.4) is 0 Å². The molecule has 0 fully saturated rings. The van der Waals surface area contributed by atoms with E-state index in [1.54, 1.807) is 0 Å². The van der Waals surface area contributed by atoms with Gasteiger partial charge in [0, 0.05) is 0 Å². The first-order valence-electron chi connectivity index (χ1n) is 4.03. The summed E-state index contributed by atoms with van der Waals surface area (Å²) >= 11 is 0. The summed E-state index contributed by atoms with van der Waals surface area (Å²) in [5, 5.41) is 0. The lowest BCUT2D eigenvalue weighted by molar-refractivity contribution is 1.31. The molecule has 0 N–H and O–H groups in total. The molecule has 1 aliphatic rings. The Bertz CT molecular complexity index is 237. The molecule has 0 nitrogen and oxygen atoms in total. The van der Waals surface area contributed by atoms with E-state index in [1.807, 2.05) is 6.92 Å². The van der Waals surface area contributed by atoms with Gasteiger partial charge in [-0.2, -0.15) is 0 Å². The number of hydrogen-bond donors (Lipinski definition) is 0. The fourth-order valence-electron chi connectivity index (χ4n) is 1.20. The van der Waals surface area contributed by atoms with Crippen molar-refractivity contribution in [2.45, 2.75) is 20.3 Å². The van der Waals surface area contributed by atoms with E-state index in [0.717, 1.165) is 6.42 Å². The van der Waals surface area contributed by atoms with Crippen LogP contribution in [0.25, 0.3) is 0 Å². The summed E-state index contributed by atoms with van der Waals surface area (Å²) in [4.78, 5) is 0. The normalized spacial score (nSPS) is 24.5. The number of allylic oxidation sites excluding steroid dienone is 8. The molecular weight excluding hydrogens is 132 g/mol. The van der Waals surface area contributed by atoms with E-state index >= 15 is 0 Å². The van der Waals surface area contributed by atoms with Crippen molar-refractivity contribution >= 4 is 0 Å². The van der Waals surface area contributed by atoms with Gasteiger partial charge in [0.2, 0.25) is 0 Å². The summed E-state index contributed by atoms with van der Waals surface area (Å²) < 4.78 is 0. The topological polar surface area (TPSA) is 0 Å². The monoisotopic (exact) mass is 146 g/mol. The third kappa shape index (κ3) is 1.94. The first-order valence-corrected chi connectivity index (χ1v) is 4.03. The summed E-state index contributed by atoms with van der Waals surface area (Å²) in [5.74, 6) is 0. The molecule has 0 spiro atoms. The fourth-order valence-corrected chi connectivity index (χ4v) is 1.20. The van der Waals surface area contributed by atoms with Gasteiger partial charge in [-0.05, 0) is 31.4 Å². The van der Waals surface area contributed by atoms with Gasteiger partial charge < -0.3 is 0 Å². The van der Waals surface area contributed by atoms with Crippen LogP contribution in [0.15, 0.2) is 47.6 Å². The third-order valence-electron chi connectivity index (χ3n) is 1.81. The average Bonchev–Trinajstić information content (AvgIpc) is 2.47. The van der Waals surface area contributed by atoms with Crippen molar-refractivity contribution in [3.63, 3.8) is 0 Å². The van der Waals surface area contributed by atoms with Crippen molar-refractivity contribution in [1.82, 2.24) is 0 Å². The molecule has 0 aromatic heterocycles. The van der Waals surface area contributed by atoms with Gasteiger partial charge in [-0.1, -0.05) is 36.5 Å². The Morgan fingerprint density at radius 1 is 1.36 bits per heavy atom. The molecule has 0 radical (unpaired) electrons. The molecule has 11 heavy (non-hydrogen) atoms. The SMILES string of the molecule is C\C=C/C=C1/CC=C/C1=C/C. The summed E-state index contributed by atoms with van der Waals surface area (Å²) in [6.45, 7) is 4.11. The Kier molecular flexibility index (Phi) is 2.91. The predicted molar refractivity (Wildman–Crippen MR) is 50.4 cm³/mol. The predicted octanol–water partition coefficient (Wildman–Crippen LogP) is 3.40. The molecule has 0 aliphatic heterocycles. The highest BCUT2D eigenvalue weighted by molar-refractivity contribution is 5.47. The Hall–Kier alpha value is -1.04. The Morgan fingerprint density at radius 3 is 2.82 bits per heavy atom. The standard InChI is InChI=1S/C11H14/c1-3-5-7-11-9-6-8-10(11)4-2/h3-8H,9H2,1-2H3/b5-3-,10-4-,11-7-. The molecule has 0 unspecified atom stereocenters. The van der Waals surface area contributed by atoms with Gasteiger partial charge in [0.25, 0.3) is 0 Å². The van der Waals surface area contributed by atoms with E-state index in [1.165, 1.54) is 11.1 Å². The highest BCUT2D eigenvalue weighted by atomic mass is 14.1. The summed E-state index contributed by atoms with van der Waals surface area (Å²) in [7, 11) is 0. The summed E-state index contributed by atoms with van der Waals surface area (Å²) in [6, 6.07) is 0. The van der Waals surface area contributed by atoms with Crippen LogP contribution in [-0.4, -0.2) is 0 Å². The molecule has 0 heteroatoms. The molecule has 58 valence electrons. The van der Waals surface area contributed by atoms with Gasteiger partial charge in [-0.3, -0.25) is 0 Å². The Morgan fingerprint density at radius 2 is 2.18 bits per heavy atom. The zero-order valence-corrected chi connectivity index (χ0v) is 7.17. The Labute approximate surface area is 68.6 Å². The van der Waals surface area contributed by atoms with Crippen molar-refractivity contribution < 1.29 is 0 Å². The van der Waals surface area contributed by atoms with Gasteiger partial charge in [0.05, 0.1) is 0 Å². The van der Waals surface area contributed by atoms with Crippen LogP contribution in [0.5, 0.6) is 0 Å². The van der Waals surface area contributed by atoms with Crippen LogP contribution in [-0.2, 0) is 0 Å². The van der Waals surface area contributed by atoms with Crippen LogP contribution >= 0.6 is 0 Å². The first kappa shape index (κ1) is 8.06. The lowest BCUT2D eigenvalue weighted by Gasteiger charge is -1.95. The van der Waals surface area contributed by atoms with Gasteiger partial charge in [-0.25, -0.2) is 0 Å². The lowest BCUT2D eigenvalue weighted by Crippen LogP contribution is -1.76. The summed E-state index contributed by atoms with van der Waals surface area (Å²) in [5.41, 5.74) is 2.79. The molecule has 0 saturated heterocycles. The Balaban J connectivity index is 2.76. The highest BCUT2D eigenvalue weighted by Crippen LogP contribution is 2.22. The fraction of sp³-hybridized carbons (Fsp3) is 0.273. The van der Waals surface area contributed by atoms with Gasteiger partial charge in [0.15, 0.2) is 0 Å². The maximum atomic E-state index is 2.20. The van der Waals surface area contributed by atoms with Crippen molar-refractivity contribution in [3.05, 3.63) is 47.6 Å². The zero-order chi connectivity index (χ0) is 8.10. The smallest absolute Gasteiger partial charge is 0.00883 e. The lowest BCUT2D eigenvalue weighted by atomic mass is 10.1. The molecule has 1 aliphatic carbocycles. The van der Waals surface area contributed by atoms with E-state index in [4.69, 9.17) is 0 Å². The van der Waals surface area contributed by atoms with E-state index in [0.29, 0.717) is 0 Å². The van der Waals surface area contributed by atoms with Gasteiger partial charge in [-0.15, -0.1) is 0 Å². The zero-order valence-electron chi connectivity index (χ0n) is 7.17. The van der Waals surface area contributed by atoms with Gasteiger partial charge in [0.1, 0.15) is 0 Å². The minimum atomic E-state index is 1.09. The maximum absolute atomic E-state index is 2.20. The molecule has 0 bridgehead atoms. The van der Waals surface area contributed by atoms with E-state index in [9.17, 15) is 0 Å².